The van der Waals surface area contributed by atoms with Gasteiger partial charge in [-0.3, -0.25) is 9.48 Å². The Morgan fingerprint density at radius 2 is 2.22 bits per heavy atom. The van der Waals surface area contributed by atoms with Gasteiger partial charge in [0.15, 0.2) is 0 Å². The van der Waals surface area contributed by atoms with Crippen molar-refractivity contribution in [1.29, 1.82) is 0 Å². The maximum atomic E-state index is 12.1. The van der Waals surface area contributed by atoms with Gasteiger partial charge in [-0.15, -0.1) is 0 Å². The van der Waals surface area contributed by atoms with Crippen molar-refractivity contribution in [2.45, 2.75) is 46.2 Å². The van der Waals surface area contributed by atoms with Gasteiger partial charge < -0.3 is 11.1 Å². The molecule has 0 radical (unpaired) electrons. The molecule has 1 heterocycles. The molecule has 5 heteroatoms. The van der Waals surface area contributed by atoms with Crippen LogP contribution in [0.1, 0.15) is 33.3 Å². The zero-order valence-corrected chi connectivity index (χ0v) is 11.7. The number of aryl methyl sites for hydroxylation is 1. The Morgan fingerprint density at radius 3 is 2.67 bits per heavy atom. The first kappa shape index (κ1) is 14.7. The van der Waals surface area contributed by atoms with E-state index < -0.39 is 0 Å². The van der Waals surface area contributed by atoms with Gasteiger partial charge in [0, 0.05) is 24.8 Å². The zero-order valence-electron chi connectivity index (χ0n) is 11.7. The topological polar surface area (TPSA) is 72.9 Å². The second-order valence-electron chi connectivity index (χ2n) is 5.58. The molecule has 1 unspecified atom stereocenters. The van der Waals surface area contributed by atoms with Gasteiger partial charge in [0.1, 0.15) is 0 Å². The molecule has 0 aromatic carbocycles. The van der Waals surface area contributed by atoms with Crippen LogP contribution in [0.4, 0.5) is 0 Å². The Hall–Kier alpha value is -1.36. The highest BCUT2D eigenvalue weighted by atomic mass is 16.2. The molecule has 0 aliphatic heterocycles. The summed E-state index contributed by atoms with van der Waals surface area (Å²) in [7, 11) is 0. The fraction of sp³-hybridized carbons (Fsp3) is 0.692. The summed E-state index contributed by atoms with van der Waals surface area (Å²) in [6.07, 6.45) is 4.40. The average molecular weight is 252 g/mol. The molecule has 1 rings (SSSR count). The van der Waals surface area contributed by atoms with Crippen molar-refractivity contribution in [3.8, 4) is 0 Å². The normalized spacial score (nSPS) is 13.4. The van der Waals surface area contributed by atoms with Crippen LogP contribution in [0.5, 0.6) is 0 Å². The summed E-state index contributed by atoms with van der Waals surface area (Å²) >= 11 is 0. The summed E-state index contributed by atoms with van der Waals surface area (Å²) in [6.45, 7) is 9.11. The molecule has 0 saturated carbocycles. The van der Waals surface area contributed by atoms with Gasteiger partial charge in [0.05, 0.1) is 12.1 Å². The number of carbonyl (C=O) groups excluding carboxylic acids is 1. The van der Waals surface area contributed by atoms with Crippen molar-refractivity contribution in [2.75, 3.05) is 6.54 Å². The summed E-state index contributed by atoms with van der Waals surface area (Å²) in [5.41, 5.74) is 6.52. The Bertz CT molecular complexity index is 392. The Kier molecular flexibility index (Phi) is 4.90. The molecule has 5 nitrogen and oxygen atoms in total. The lowest BCUT2D eigenvalue weighted by molar-refractivity contribution is -0.126. The molecule has 0 saturated heterocycles. The smallest absolute Gasteiger partial charge is 0.225 e. The molecule has 0 spiro atoms. The van der Waals surface area contributed by atoms with Crippen LogP contribution in [0.2, 0.25) is 0 Å². The molecule has 0 fully saturated rings. The molecule has 3 N–H and O–H groups in total. The highest BCUT2D eigenvalue weighted by molar-refractivity contribution is 5.79. The molecule has 1 amide bonds. The van der Waals surface area contributed by atoms with Crippen LogP contribution in [0, 0.1) is 5.92 Å². The molecule has 18 heavy (non-hydrogen) atoms. The van der Waals surface area contributed by atoms with E-state index in [0.717, 1.165) is 12.1 Å². The summed E-state index contributed by atoms with van der Waals surface area (Å²) < 4.78 is 1.85. The highest BCUT2D eigenvalue weighted by Gasteiger charge is 2.22. The quantitative estimate of drug-likeness (QED) is 0.819. The lowest BCUT2D eigenvalue weighted by Crippen LogP contribution is -2.46. The van der Waals surface area contributed by atoms with Crippen LogP contribution in [0.25, 0.3) is 0 Å². The molecule has 1 aromatic rings. The van der Waals surface area contributed by atoms with E-state index in [2.05, 4.69) is 10.4 Å². The van der Waals surface area contributed by atoms with Crippen LogP contribution in [-0.2, 0) is 17.8 Å². The zero-order chi connectivity index (χ0) is 13.8. The Balaban J connectivity index is 2.64. The fourth-order valence-corrected chi connectivity index (χ4v) is 1.72. The number of nitrogens with two attached hydrogens (primary N) is 1. The molecule has 1 aromatic heterocycles. The molecular weight excluding hydrogens is 228 g/mol. The van der Waals surface area contributed by atoms with E-state index in [1.807, 2.05) is 38.6 Å². The van der Waals surface area contributed by atoms with Gasteiger partial charge >= 0.3 is 0 Å². The summed E-state index contributed by atoms with van der Waals surface area (Å²) in [5.74, 6) is -0.187. The van der Waals surface area contributed by atoms with Crippen molar-refractivity contribution in [3.05, 3.63) is 18.0 Å². The minimum atomic E-state index is -0.224. The van der Waals surface area contributed by atoms with E-state index in [4.69, 9.17) is 5.73 Å². The third-order valence-electron chi connectivity index (χ3n) is 2.65. The lowest BCUT2D eigenvalue weighted by Gasteiger charge is -2.24. The SMILES string of the molecule is CCn1cc(CC(CN)C(=O)NC(C)(C)C)cn1. The largest absolute Gasteiger partial charge is 0.351 e. The number of nitrogens with one attached hydrogen (secondary N) is 1. The third kappa shape index (κ3) is 4.49. The molecule has 102 valence electrons. The van der Waals surface area contributed by atoms with Crippen LogP contribution in [-0.4, -0.2) is 27.8 Å². The number of nitrogens with zero attached hydrogens (tertiary/aromatic N) is 2. The van der Waals surface area contributed by atoms with Gasteiger partial charge in [0.25, 0.3) is 0 Å². The predicted molar refractivity (Wildman–Crippen MR) is 72.0 cm³/mol. The van der Waals surface area contributed by atoms with E-state index in [-0.39, 0.29) is 17.4 Å². The average Bonchev–Trinajstić information content (AvgIpc) is 2.71. The second kappa shape index (κ2) is 6.00. The standard InChI is InChI=1S/C13H24N4O/c1-5-17-9-10(8-15-17)6-11(7-14)12(18)16-13(2,3)4/h8-9,11H,5-7,14H2,1-4H3,(H,16,18). The molecule has 0 aliphatic rings. The first-order valence-electron chi connectivity index (χ1n) is 6.39. The number of amides is 1. The van der Waals surface area contributed by atoms with Crippen LogP contribution < -0.4 is 11.1 Å². The fourth-order valence-electron chi connectivity index (χ4n) is 1.72. The first-order valence-corrected chi connectivity index (χ1v) is 6.39. The van der Waals surface area contributed by atoms with Gasteiger partial charge in [-0.2, -0.15) is 5.10 Å². The highest BCUT2D eigenvalue weighted by Crippen LogP contribution is 2.10. The monoisotopic (exact) mass is 252 g/mol. The minimum Gasteiger partial charge on any atom is -0.351 e. The van der Waals surface area contributed by atoms with Crippen LogP contribution in [0.3, 0.4) is 0 Å². The lowest BCUT2D eigenvalue weighted by atomic mass is 9.99. The number of carbonyl (C=O) groups is 1. The van der Waals surface area contributed by atoms with Crippen molar-refractivity contribution >= 4 is 5.91 Å². The van der Waals surface area contributed by atoms with Gasteiger partial charge in [0.2, 0.25) is 5.91 Å². The van der Waals surface area contributed by atoms with Crippen LogP contribution in [0.15, 0.2) is 12.4 Å². The molecular formula is C13H24N4O. The summed E-state index contributed by atoms with van der Waals surface area (Å²) in [5, 5.41) is 7.17. The second-order valence-corrected chi connectivity index (χ2v) is 5.58. The molecule has 1 atom stereocenters. The van der Waals surface area contributed by atoms with Gasteiger partial charge in [-0.05, 0) is 39.7 Å². The first-order chi connectivity index (χ1) is 8.35. The van der Waals surface area contributed by atoms with Crippen LogP contribution >= 0.6 is 0 Å². The Morgan fingerprint density at radius 1 is 1.56 bits per heavy atom. The van der Waals surface area contributed by atoms with Crippen molar-refractivity contribution in [3.63, 3.8) is 0 Å². The maximum absolute atomic E-state index is 12.1. The van der Waals surface area contributed by atoms with Crippen molar-refractivity contribution < 1.29 is 4.79 Å². The van der Waals surface area contributed by atoms with Crippen molar-refractivity contribution in [2.24, 2.45) is 11.7 Å². The summed E-state index contributed by atoms with van der Waals surface area (Å²) in [6, 6.07) is 0. The predicted octanol–water partition coefficient (Wildman–Crippen LogP) is 0.935. The Labute approximate surface area is 109 Å². The number of hydrogen-bond acceptors (Lipinski definition) is 3. The minimum absolute atomic E-state index is 0.00856. The molecule has 0 aliphatic carbocycles. The van der Waals surface area contributed by atoms with E-state index in [9.17, 15) is 4.79 Å². The van der Waals surface area contributed by atoms with Crippen molar-refractivity contribution in [1.82, 2.24) is 15.1 Å². The van der Waals surface area contributed by atoms with Gasteiger partial charge in [-0.1, -0.05) is 0 Å². The number of hydrogen-bond donors (Lipinski definition) is 2. The van der Waals surface area contributed by atoms with Gasteiger partial charge in [-0.25, -0.2) is 0 Å². The van der Waals surface area contributed by atoms with E-state index in [0.29, 0.717) is 13.0 Å². The van der Waals surface area contributed by atoms with E-state index >= 15 is 0 Å². The third-order valence-corrected chi connectivity index (χ3v) is 2.65. The molecule has 0 bridgehead atoms. The number of aromatic nitrogens is 2. The van der Waals surface area contributed by atoms with E-state index in [1.165, 1.54) is 0 Å². The number of rotatable bonds is 5. The summed E-state index contributed by atoms with van der Waals surface area (Å²) in [4.78, 5) is 12.1. The van der Waals surface area contributed by atoms with E-state index in [1.54, 1.807) is 6.20 Å². The maximum Gasteiger partial charge on any atom is 0.225 e.